The minimum absolute atomic E-state index is 0.124. The average molecular weight is 1050 g/mol. The van der Waals surface area contributed by atoms with Gasteiger partial charge in [0.05, 0.1) is 13.2 Å². The highest BCUT2D eigenvalue weighted by Crippen LogP contribution is 2.20. The van der Waals surface area contributed by atoms with Crippen molar-refractivity contribution in [3.8, 4) is 0 Å². The molecule has 0 unspecified atom stereocenters. The normalized spacial score (nSPS) is 13.0. The number of carbonyl (C=O) groups is 4. The molecule has 1 fully saturated rings. The molecule has 1 rings (SSSR count). The first-order chi connectivity index (χ1) is 35.5. The summed E-state index contributed by atoms with van der Waals surface area (Å²) in [5.41, 5.74) is 0. The van der Waals surface area contributed by atoms with Crippen LogP contribution in [0.5, 0.6) is 0 Å². The van der Waals surface area contributed by atoms with Gasteiger partial charge in [-0.15, -0.1) is 0 Å². The second kappa shape index (κ2) is 59.9. The quantitative estimate of drug-likeness (QED) is 0.0157. The Morgan fingerprint density at radius 3 is 1.36 bits per heavy atom. The van der Waals surface area contributed by atoms with Gasteiger partial charge in [0.2, 0.25) is 0 Å². The molecule has 422 valence electrons. The van der Waals surface area contributed by atoms with E-state index in [1.54, 1.807) is 26.5 Å². The van der Waals surface area contributed by atoms with E-state index in [1.807, 2.05) is 7.05 Å². The van der Waals surface area contributed by atoms with Gasteiger partial charge in [0.1, 0.15) is 12.9 Å². The molecule has 1 aliphatic heterocycles. The van der Waals surface area contributed by atoms with Gasteiger partial charge in [0.25, 0.3) is 0 Å². The summed E-state index contributed by atoms with van der Waals surface area (Å²) in [6, 6.07) is 0. The molecular formula is C60H113N3O7S2. The summed E-state index contributed by atoms with van der Waals surface area (Å²) in [5.74, 6) is 1.50. The number of amides is 1. The lowest BCUT2D eigenvalue weighted by Gasteiger charge is -2.22. The Labute approximate surface area is 452 Å². The van der Waals surface area contributed by atoms with Gasteiger partial charge in [-0.25, -0.2) is 4.79 Å². The Morgan fingerprint density at radius 1 is 0.486 bits per heavy atom. The minimum atomic E-state index is -0.307. The van der Waals surface area contributed by atoms with Gasteiger partial charge < -0.3 is 34.1 Å². The number of hydrogen-bond donors (Lipinski definition) is 1. The molecule has 0 radical (unpaired) electrons. The van der Waals surface area contributed by atoms with Crippen LogP contribution in [0.2, 0.25) is 0 Å². The highest BCUT2D eigenvalue weighted by Gasteiger charge is 2.15. The molecule has 1 saturated heterocycles. The molecule has 0 atom stereocenters. The number of ether oxygens (including phenoxy) is 3. The molecule has 0 aliphatic carbocycles. The van der Waals surface area contributed by atoms with E-state index in [0.29, 0.717) is 58.6 Å². The second-order valence-electron chi connectivity index (χ2n) is 19.9. The van der Waals surface area contributed by atoms with Crippen molar-refractivity contribution in [2.24, 2.45) is 0 Å². The molecule has 0 saturated carbocycles. The van der Waals surface area contributed by atoms with Gasteiger partial charge in [0, 0.05) is 50.4 Å². The smallest absolute Gasteiger partial charge is 0.409 e. The molecule has 0 aromatic heterocycles. The maximum Gasteiger partial charge on any atom is 0.409 e. The first-order valence-corrected chi connectivity index (χ1v) is 32.5. The molecular weight excluding hydrogens is 939 g/mol. The predicted octanol–water partition coefficient (Wildman–Crippen LogP) is 16.6. The molecule has 0 spiro atoms. The zero-order chi connectivity index (χ0) is 52.3. The summed E-state index contributed by atoms with van der Waals surface area (Å²) >= 11 is 0. The average Bonchev–Trinajstić information content (AvgIpc) is 3.66. The topological polar surface area (TPSA) is 114 Å². The molecule has 0 aromatic rings. The number of unbranched alkanes of at least 4 members (excludes halogenated alkanes) is 25. The Bertz CT molecular complexity index is 1170. The summed E-state index contributed by atoms with van der Waals surface area (Å²) < 4.78 is 16.6. The zero-order valence-corrected chi connectivity index (χ0v) is 48.7. The monoisotopic (exact) mass is 1050 g/mol. The zero-order valence-electron chi connectivity index (χ0n) is 47.1. The maximum absolute atomic E-state index is 13.0. The van der Waals surface area contributed by atoms with Gasteiger partial charge in [-0.2, -0.15) is 0 Å². The number of nitrogens with one attached hydrogen (secondary N) is 1. The van der Waals surface area contributed by atoms with E-state index < -0.39 is 0 Å². The highest BCUT2D eigenvalue weighted by molar-refractivity contribution is 8.76. The summed E-state index contributed by atoms with van der Waals surface area (Å²) in [4.78, 5) is 51.9. The highest BCUT2D eigenvalue weighted by atomic mass is 33.1. The number of likely N-dealkylation sites (tertiary alicyclic amines) is 1. The number of allylic oxidation sites excluding steroid dienone is 4. The lowest BCUT2D eigenvalue weighted by atomic mass is 10.1. The lowest BCUT2D eigenvalue weighted by Crippen LogP contribution is -2.34. The number of carbonyl (C=O) groups excluding carboxylic acids is 4. The molecule has 1 N–H and O–H groups in total. The van der Waals surface area contributed by atoms with Crippen molar-refractivity contribution in [1.29, 1.82) is 0 Å². The molecule has 1 aliphatic rings. The fourth-order valence-electron chi connectivity index (χ4n) is 8.57. The molecule has 12 heteroatoms. The standard InChI is InChI=1S/C50H94N2O6S2.C10H19NO/c1-4-6-8-10-12-14-16-18-20-22-24-26-28-30-32-38-48(53)56-43-36-34-41-52(50(55)58-45-47-60-59-46-40-51-3)42-35-37-44-57-49(54)39-33-31-29-27-25-23-21-19-17-15-13-11-9-7-5-2;12-10-6-5-9-11-7-3-1-2-4-8-11/h18-21,51H,4-17,22-47H2,1-3H3;10H,1-9H2/b20-18-,21-19-;. The SMILES string of the molecule is CCCCCCCC/C=C\CCCCCCCC(=O)OCCCCN(CCCCOC(=O)CCCCCCC/C=C\CCCCCCCC)C(=O)OCCSSCCNC.O=CCCCN1CCCCCC1. The van der Waals surface area contributed by atoms with Crippen molar-refractivity contribution in [2.45, 2.75) is 258 Å². The third-order valence-electron chi connectivity index (χ3n) is 13.1. The maximum atomic E-state index is 13.0. The Hall–Kier alpha value is -2.02. The van der Waals surface area contributed by atoms with Gasteiger partial charge in [0.15, 0.2) is 0 Å². The van der Waals surface area contributed by atoms with Crippen molar-refractivity contribution in [3.63, 3.8) is 0 Å². The van der Waals surface area contributed by atoms with Crippen molar-refractivity contribution in [1.82, 2.24) is 15.1 Å². The van der Waals surface area contributed by atoms with Gasteiger partial charge in [-0.05, 0) is 136 Å². The summed E-state index contributed by atoms with van der Waals surface area (Å²) in [6.45, 7) is 11.3. The van der Waals surface area contributed by atoms with E-state index in [4.69, 9.17) is 14.2 Å². The summed E-state index contributed by atoms with van der Waals surface area (Å²) in [6.07, 6.45) is 53.3. The van der Waals surface area contributed by atoms with E-state index >= 15 is 0 Å². The van der Waals surface area contributed by atoms with E-state index in [-0.39, 0.29) is 18.0 Å². The van der Waals surface area contributed by atoms with E-state index in [1.165, 1.54) is 167 Å². The number of hydrogen-bond acceptors (Lipinski definition) is 11. The number of nitrogens with zero attached hydrogens (tertiary/aromatic N) is 2. The Kier molecular flexibility index (Phi) is 58.2. The lowest BCUT2D eigenvalue weighted by molar-refractivity contribution is -0.144. The van der Waals surface area contributed by atoms with Crippen LogP contribution in [-0.4, -0.2) is 112 Å². The van der Waals surface area contributed by atoms with E-state index in [0.717, 1.165) is 95.1 Å². The van der Waals surface area contributed by atoms with Crippen LogP contribution in [0.3, 0.4) is 0 Å². The van der Waals surface area contributed by atoms with Gasteiger partial charge >= 0.3 is 18.0 Å². The van der Waals surface area contributed by atoms with E-state index in [2.05, 4.69) is 48.4 Å². The number of esters is 2. The van der Waals surface area contributed by atoms with Crippen LogP contribution in [0.15, 0.2) is 24.3 Å². The molecule has 72 heavy (non-hydrogen) atoms. The van der Waals surface area contributed by atoms with Crippen molar-refractivity contribution >= 4 is 45.9 Å². The van der Waals surface area contributed by atoms with Crippen LogP contribution >= 0.6 is 21.6 Å². The van der Waals surface area contributed by atoms with Gasteiger partial charge in [-0.1, -0.05) is 175 Å². The third kappa shape index (κ3) is 54.2. The van der Waals surface area contributed by atoms with E-state index in [9.17, 15) is 19.2 Å². The van der Waals surface area contributed by atoms with Crippen LogP contribution in [0, 0.1) is 0 Å². The summed E-state index contributed by atoms with van der Waals surface area (Å²) in [7, 11) is 5.42. The van der Waals surface area contributed by atoms with Crippen LogP contribution in [0.4, 0.5) is 4.79 Å². The first kappa shape index (κ1) is 70.0. The first-order valence-electron chi connectivity index (χ1n) is 30.1. The second-order valence-corrected chi connectivity index (χ2v) is 22.6. The Balaban J connectivity index is 0.00000363. The van der Waals surface area contributed by atoms with Crippen LogP contribution < -0.4 is 5.32 Å². The minimum Gasteiger partial charge on any atom is -0.466 e. The fourth-order valence-corrected chi connectivity index (χ4v) is 10.4. The molecule has 10 nitrogen and oxygen atoms in total. The van der Waals surface area contributed by atoms with Crippen molar-refractivity contribution in [3.05, 3.63) is 24.3 Å². The molecule has 0 bridgehead atoms. The fraction of sp³-hybridized carbons (Fsp3) is 0.867. The number of aldehydes is 1. The van der Waals surface area contributed by atoms with Crippen molar-refractivity contribution in [2.75, 3.05) is 77.6 Å². The Morgan fingerprint density at radius 2 is 0.917 bits per heavy atom. The molecule has 1 amide bonds. The molecule has 1 heterocycles. The third-order valence-corrected chi connectivity index (χ3v) is 15.5. The van der Waals surface area contributed by atoms with Crippen molar-refractivity contribution < 1.29 is 33.4 Å². The molecule has 0 aromatic carbocycles. The number of rotatable bonds is 51. The predicted molar refractivity (Wildman–Crippen MR) is 311 cm³/mol. The van der Waals surface area contributed by atoms with Crippen LogP contribution in [0.25, 0.3) is 0 Å². The van der Waals surface area contributed by atoms with Crippen LogP contribution in [-0.2, 0) is 28.6 Å². The summed E-state index contributed by atoms with van der Waals surface area (Å²) in [5, 5.41) is 3.13. The largest absolute Gasteiger partial charge is 0.466 e. The van der Waals surface area contributed by atoms with Gasteiger partial charge in [-0.3, -0.25) is 9.59 Å². The van der Waals surface area contributed by atoms with Crippen LogP contribution in [0.1, 0.15) is 258 Å².